The first-order valence-electron chi connectivity index (χ1n) is 7.56. The van der Waals surface area contributed by atoms with Gasteiger partial charge in [0.2, 0.25) is 0 Å². The van der Waals surface area contributed by atoms with E-state index in [0.717, 1.165) is 12.2 Å². The van der Waals surface area contributed by atoms with Crippen molar-refractivity contribution in [3.8, 4) is 0 Å². The van der Waals surface area contributed by atoms with Crippen molar-refractivity contribution < 1.29 is 4.79 Å². The smallest absolute Gasteiger partial charge is 0.271 e. The molecular formula is C15H26Cl2N4O. The van der Waals surface area contributed by atoms with Crippen LogP contribution in [0.3, 0.4) is 0 Å². The fraction of sp³-hybridized carbons (Fsp3) is 0.667. The Bertz CT molecular complexity index is 420. The number of amides is 1. The van der Waals surface area contributed by atoms with Crippen LogP contribution in [0.4, 0.5) is 0 Å². The summed E-state index contributed by atoms with van der Waals surface area (Å²) in [6, 6.07) is 0.619. The summed E-state index contributed by atoms with van der Waals surface area (Å²) in [5.41, 5.74) is 1.20. The van der Waals surface area contributed by atoms with Gasteiger partial charge in [-0.2, -0.15) is 0 Å². The highest BCUT2D eigenvalue weighted by atomic mass is 35.5. The number of nitrogens with zero attached hydrogens (tertiary/aromatic N) is 2. The molecule has 5 nitrogen and oxygen atoms in total. The number of rotatable bonds is 5. The summed E-state index contributed by atoms with van der Waals surface area (Å²) in [5.74, 6) is -0.153. The highest BCUT2D eigenvalue weighted by Gasteiger charge is 2.11. The van der Waals surface area contributed by atoms with Crippen molar-refractivity contribution in [2.75, 3.05) is 13.1 Å². The van der Waals surface area contributed by atoms with E-state index in [1.807, 2.05) is 6.92 Å². The van der Waals surface area contributed by atoms with Crippen molar-refractivity contribution in [1.82, 2.24) is 20.6 Å². The van der Waals surface area contributed by atoms with Crippen LogP contribution in [0.2, 0.25) is 0 Å². The van der Waals surface area contributed by atoms with Crippen LogP contribution in [-0.4, -0.2) is 35.0 Å². The molecule has 22 heavy (non-hydrogen) atoms. The minimum absolute atomic E-state index is 0. The van der Waals surface area contributed by atoms with Crippen LogP contribution in [0, 0.1) is 6.92 Å². The van der Waals surface area contributed by atoms with Crippen LogP contribution in [0.15, 0.2) is 12.4 Å². The molecule has 7 heteroatoms. The van der Waals surface area contributed by atoms with E-state index in [0.29, 0.717) is 18.3 Å². The van der Waals surface area contributed by atoms with E-state index in [1.165, 1.54) is 44.7 Å². The summed E-state index contributed by atoms with van der Waals surface area (Å²) in [6.07, 6.45) is 11.0. The Morgan fingerprint density at radius 3 is 2.36 bits per heavy atom. The monoisotopic (exact) mass is 348 g/mol. The average molecular weight is 349 g/mol. The fourth-order valence-corrected chi connectivity index (χ4v) is 2.54. The summed E-state index contributed by atoms with van der Waals surface area (Å²) in [6.45, 7) is 3.30. The van der Waals surface area contributed by atoms with Gasteiger partial charge in [0.15, 0.2) is 0 Å². The first-order valence-corrected chi connectivity index (χ1v) is 7.56. The second-order valence-electron chi connectivity index (χ2n) is 5.44. The van der Waals surface area contributed by atoms with Crippen molar-refractivity contribution in [2.45, 2.75) is 51.5 Å². The standard InChI is InChI=1S/C15H24N4O.2ClH/c1-12-10-19-14(11-18-12)15(20)17-9-8-16-13-6-4-2-3-5-7-13;;/h10-11,13,16H,2-9H2,1H3,(H,17,20);2*1H. The molecule has 0 aliphatic heterocycles. The second-order valence-corrected chi connectivity index (χ2v) is 5.44. The van der Waals surface area contributed by atoms with E-state index in [-0.39, 0.29) is 30.7 Å². The van der Waals surface area contributed by atoms with Gasteiger partial charge in [0.25, 0.3) is 5.91 Å². The number of hydrogen-bond acceptors (Lipinski definition) is 4. The predicted octanol–water partition coefficient (Wildman–Crippen LogP) is 2.67. The number of aromatic nitrogens is 2. The van der Waals surface area contributed by atoms with Crippen LogP contribution >= 0.6 is 24.8 Å². The van der Waals surface area contributed by atoms with E-state index in [4.69, 9.17) is 0 Å². The Morgan fingerprint density at radius 2 is 1.77 bits per heavy atom. The first-order chi connectivity index (χ1) is 9.75. The zero-order valence-electron chi connectivity index (χ0n) is 13.0. The minimum atomic E-state index is -0.153. The van der Waals surface area contributed by atoms with Gasteiger partial charge in [-0.25, -0.2) is 4.98 Å². The van der Waals surface area contributed by atoms with Gasteiger partial charge in [0.1, 0.15) is 5.69 Å². The average Bonchev–Trinajstić information content (AvgIpc) is 2.73. The topological polar surface area (TPSA) is 66.9 Å². The molecule has 0 aromatic carbocycles. The third-order valence-electron chi connectivity index (χ3n) is 3.71. The van der Waals surface area contributed by atoms with Crippen molar-refractivity contribution in [3.63, 3.8) is 0 Å². The lowest BCUT2D eigenvalue weighted by Gasteiger charge is -2.16. The molecule has 1 saturated carbocycles. The molecule has 0 saturated heterocycles. The summed E-state index contributed by atoms with van der Waals surface area (Å²) in [7, 11) is 0. The van der Waals surface area contributed by atoms with Crippen molar-refractivity contribution >= 4 is 30.7 Å². The molecule has 0 atom stereocenters. The number of nitrogens with one attached hydrogen (secondary N) is 2. The van der Waals surface area contributed by atoms with Crippen LogP contribution in [0.5, 0.6) is 0 Å². The lowest BCUT2D eigenvalue weighted by Crippen LogP contribution is -2.37. The molecule has 2 N–H and O–H groups in total. The van der Waals surface area contributed by atoms with Gasteiger partial charge in [0, 0.05) is 25.3 Å². The molecule has 1 fully saturated rings. The van der Waals surface area contributed by atoms with E-state index in [9.17, 15) is 4.79 Å². The summed E-state index contributed by atoms with van der Waals surface area (Å²) >= 11 is 0. The van der Waals surface area contributed by atoms with Crippen molar-refractivity contribution in [1.29, 1.82) is 0 Å². The molecular weight excluding hydrogens is 323 g/mol. The number of carbonyl (C=O) groups is 1. The summed E-state index contributed by atoms with van der Waals surface area (Å²) < 4.78 is 0. The number of carbonyl (C=O) groups excluding carboxylic acids is 1. The normalized spacial score (nSPS) is 15.1. The maximum Gasteiger partial charge on any atom is 0.271 e. The molecule has 0 bridgehead atoms. The van der Waals surface area contributed by atoms with Crippen molar-refractivity contribution in [3.05, 3.63) is 23.8 Å². The highest BCUT2D eigenvalue weighted by Crippen LogP contribution is 2.16. The van der Waals surface area contributed by atoms with Crippen LogP contribution in [-0.2, 0) is 0 Å². The molecule has 2 rings (SSSR count). The van der Waals surface area contributed by atoms with Gasteiger partial charge in [-0.3, -0.25) is 9.78 Å². The SMILES string of the molecule is Cc1cnc(C(=O)NCCNC2CCCCCC2)cn1.Cl.Cl. The van der Waals surface area contributed by atoms with Crippen LogP contribution < -0.4 is 10.6 Å². The quantitative estimate of drug-likeness (QED) is 0.634. The molecule has 0 unspecified atom stereocenters. The fourth-order valence-electron chi connectivity index (χ4n) is 2.54. The summed E-state index contributed by atoms with van der Waals surface area (Å²) in [5, 5.41) is 6.40. The van der Waals surface area contributed by atoms with Gasteiger partial charge in [0.05, 0.1) is 11.9 Å². The molecule has 1 heterocycles. The largest absolute Gasteiger partial charge is 0.349 e. The second kappa shape index (κ2) is 11.6. The molecule has 1 aromatic heterocycles. The molecule has 1 aliphatic rings. The molecule has 1 aromatic rings. The minimum Gasteiger partial charge on any atom is -0.349 e. The van der Waals surface area contributed by atoms with Gasteiger partial charge in [-0.05, 0) is 19.8 Å². The maximum atomic E-state index is 11.8. The molecule has 0 spiro atoms. The number of halogens is 2. The first kappa shape index (κ1) is 21.1. The van der Waals surface area contributed by atoms with E-state index < -0.39 is 0 Å². The van der Waals surface area contributed by atoms with Crippen molar-refractivity contribution in [2.24, 2.45) is 0 Å². The Labute approximate surface area is 144 Å². The van der Waals surface area contributed by atoms with Gasteiger partial charge in [-0.1, -0.05) is 25.7 Å². The Hall–Kier alpha value is -0.910. The molecule has 1 aliphatic carbocycles. The third-order valence-corrected chi connectivity index (χ3v) is 3.71. The van der Waals surface area contributed by atoms with E-state index in [2.05, 4.69) is 20.6 Å². The predicted molar refractivity (Wildman–Crippen MR) is 93.1 cm³/mol. The Kier molecular flexibility index (Phi) is 11.1. The molecule has 1 amide bonds. The number of hydrogen-bond donors (Lipinski definition) is 2. The zero-order chi connectivity index (χ0) is 14.2. The molecule has 0 radical (unpaired) electrons. The van der Waals surface area contributed by atoms with Crippen LogP contribution in [0.1, 0.15) is 54.7 Å². The van der Waals surface area contributed by atoms with Gasteiger partial charge >= 0.3 is 0 Å². The Morgan fingerprint density at radius 1 is 1.09 bits per heavy atom. The van der Waals surface area contributed by atoms with Gasteiger partial charge in [-0.15, -0.1) is 24.8 Å². The third kappa shape index (κ3) is 7.38. The van der Waals surface area contributed by atoms with Crippen LogP contribution in [0.25, 0.3) is 0 Å². The van der Waals surface area contributed by atoms with E-state index in [1.54, 1.807) is 6.20 Å². The van der Waals surface area contributed by atoms with Gasteiger partial charge < -0.3 is 10.6 Å². The lowest BCUT2D eigenvalue weighted by molar-refractivity contribution is 0.0948. The lowest BCUT2D eigenvalue weighted by atomic mass is 10.1. The number of aryl methyl sites for hydroxylation is 1. The Balaban J connectivity index is 0.00000220. The highest BCUT2D eigenvalue weighted by molar-refractivity contribution is 5.91. The maximum absolute atomic E-state index is 11.8. The zero-order valence-corrected chi connectivity index (χ0v) is 14.6. The molecule has 126 valence electrons. The summed E-state index contributed by atoms with van der Waals surface area (Å²) in [4.78, 5) is 20.0. The van der Waals surface area contributed by atoms with E-state index >= 15 is 0 Å².